The molecule has 2 saturated heterocycles. The van der Waals surface area contributed by atoms with Crippen LogP contribution >= 0.6 is 23.4 Å². The third-order valence-electron chi connectivity index (χ3n) is 7.78. The van der Waals surface area contributed by atoms with Crippen LogP contribution in [-0.4, -0.2) is 60.5 Å². The van der Waals surface area contributed by atoms with Crippen LogP contribution in [0, 0.1) is 0 Å². The monoisotopic (exact) mass is 580 g/mol. The van der Waals surface area contributed by atoms with Crippen LogP contribution in [0.2, 0.25) is 5.02 Å². The van der Waals surface area contributed by atoms with Crippen molar-refractivity contribution in [2.75, 3.05) is 0 Å². The average Bonchev–Trinajstić information content (AvgIpc) is 3.46. The molecule has 4 unspecified atom stereocenters. The summed E-state index contributed by atoms with van der Waals surface area (Å²) in [6.07, 6.45) is 2.13. The molecule has 3 amide bonds. The second kappa shape index (κ2) is 9.38. The molecular weight excluding hydrogens is 556 g/mol. The van der Waals surface area contributed by atoms with E-state index in [9.17, 15) is 29.1 Å². The topological polar surface area (TPSA) is 138 Å². The molecule has 0 radical (unpaired) electrons. The Labute approximate surface area is 237 Å². The van der Waals surface area contributed by atoms with Crippen molar-refractivity contribution >= 4 is 58.0 Å². The van der Waals surface area contributed by atoms with Crippen LogP contribution in [0.25, 0.3) is 10.9 Å². The number of fused-ring (bicyclic) bond motifs is 1. The lowest BCUT2D eigenvalue weighted by Crippen LogP contribution is -2.71. The number of aliphatic carboxylic acids is 1. The number of benzene rings is 2. The van der Waals surface area contributed by atoms with E-state index in [1.165, 1.54) is 22.9 Å². The summed E-state index contributed by atoms with van der Waals surface area (Å²) >= 11 is 7.62. The summed E-state index contributed by atoms with van der Waals surface area (Å²) in [7, 11) is 0. The van der Waals surface area contributed by atoms with Crippen molar-refractivity contribution < 1.29 is 24.3 Å². The average molecular weight is 581 g/mol. The van der Waals surface area contributed by atoms with Crippen LogP contribution in [0.1, 0.15) is 41.4 Å². The lowest BCUT2D eigenvalue weighted by Gasteiger charge is -2.44. The number of halogens is 1. The fourth-order valence-corrected chi connectivity index (χ4v) is 7.76. The maximum Gasteiger partial charge on any atom is 0.327 e. The van der Waals surface area contributed by atoms with E-state index in [1.54, 1.807) is 56.3 Å². The van der Waals surface area contributed by atoms with E-state index in [0.29, 0.717) is 34.5 Å². The van der Waals surface area contributed by atoms with E-state index >= 15 is 0 Å². The molecule has 2 fully saturated rings. The first-order valence-electron chi connectivity index (χ1n) is 12.7. The first-order chi connectivity index (χ1) is 19.0. The molecule has 12 heteroatoms. The lowest BCUT2D eigenvalue weighted by molar-refractivity contribution is -0.161. The number of hydrogen-bond acceptors (Lipinski definition) is 6. The molecule has 3 aliphatic rings. The summed E-state index contributed by atoms with van der Waals surface area (Å²) in [5.74, 6) is -2.97. The number of hydrogen-bond donors (Lipinski definition) is 3. The van der Waals surface area contributed by atoms with Crippen molar-refractivity contribution in [3.63, 3.8) is 0 Å². The Hall–Kier alpha value is -3.83. The molecule has 2 aromatic carbocycles. The van der Waals surface area contributed by atoms with Gasteiger partial charge in [-0.15, -0.1) is 11.8 Å². The lowest BCUT2D eigenvalue weighted by atomic mass is 9.95. The maximum absolute atomic E-state index is 13.6. The van der Waals surface area contributed by atoms with E-state index in [4.69, 9.17) is 11.6 Å². The van der Waals surface area contributed by atoms with Crippen LogP contribution in [0.5, 0.6) is 0 Å². The molecule has 4 heterocycles. The minimum atomic E-state index is -1.21. The van der Waals surface area contributed by atoms with Gasteiger partial charge in [-0.1, -0.05) is 41.9 Å². The molecule has 40 heavy (non-hydrogen) atoms. The number of carbonyl (C=O) groups is 4. The Kier molecular flexibility index (Phi) is 6.19. The van der Waals surface area contributed by atoms with Gasteiger partial charge in [-0.3, -0.25) is 19.2 Å². The fourth-order valence-electron chi connectivity index (χ4n) is 5.89. The standard InChI is InChI=1S/C28H25ClN4O6S/c1-28(2)22(27(38)39)33-25(37)19(26(33)40-28)31-24(36)18(13-6-4-3-5-7-13)30-23(35)16-12-32-11-10-14-17(29)9-8-15(20(14)32)21(16)34/h3-9,12,18-19,22,26H,10-11H2,1-2H3,(H,30,35)(H,31,36)(H,38,39). The molecule has 0 spiro atoms. The van der Waals surface area contributed by atoms with Crippen molar-refractivity contribution in [3.05, 3.63) is 80.6 Å². The molecule has 0 saturated carbocycles. The zero-order valence-corrected chi connectivity index (χ0v) is 23.1. The largest absolute Gasteiger partial charge is 0.480 e. The highest BCUT2D eigenvalue weighted by molar-refractivity contribution is 8.01. The number of nitrogens with one attached hydrogen (secondary N) is 2. The van der Waals surface area contributed by atoms with Gasteiger partial charge >= 0.3 is 5.97 Å². The minimum absolute atomic E-state index is 0.111. The molecule has 3 N–H and O–H groups in total. The van der Waals surface area contributed by atoms with Gasteiger partial charge < -0.3 is 25.2 Å². The molecule has 6 rings (SSSR count). The van der Waals surface area contributed by atoms with Gasteiger partial charge in [-0.2, -0.15) is 0 Å². The normalized spacial score (nSPS) is 22.9. The summed E-state index contributed by atoms with van der Waals surface area (Å²) in [4.78, 5) is 66.5. The van der Waals surface area contributed by atoms with Gasteiger partial charge in [-0.25, -0.2) is 4.79 Å². The molecule has 206 valence electrons. The Bertz CT molecular complexity index is 1670. The van der Waals surface area contributed by atoms with Crippen molar-refractivity contribution in [3.8, 4) is 0 Å². The summed E-state index contributed by atoms with van der Waals surface area (Å²) in [6, 6.07) is 8.58. The summed E-state index contributed by atoms with van der Waals surface area (Å²) < 4.78 is 1.08. The van der Waals surface area contributed by atoms with Gasteiger partial charge in [-0.05, 0) is 43.5 Å². The number of aromatic nitrogens is 1. The predicted octanol–water partition coefficient (Wildman–Crippen LogP) is 2.31. The van der Waals surface area contributed by atoms with E-state index in [0.717, 1.165) is 5.56 Å². The second-order valence-corrected chi connectivity index (χ2v) is 12.8. The third-order valence-corrected chi connectivity index (χ3v) is 9.70. The Morgan fingerprint density at radius 1 is 1.12 bits per heavy atom. The highest BCUT2D eigenvalue weighted by Gasteiger charge is 2.64. The Morgan fingerprint density at radius 2 is 1.85 bits per heavy atom. The van der Waals surface area contributed by atoms with Crippen molar-refractivity contribution in [1.29, 1.82) is 0 Å². The Morgan fingerprint density at radius 3 is 2.55 bits per heavy atom. The molecule has 3 aromatic rings. The van der Waals surface area contributed by atoms with E-state index in [2.05, 4.69) is 10.6 Å². The van der Waals surface area contributed by atoms with Gasteiger partial charge in [0.05, 0.1) is 5.52 Å². The van der Waals surface area contributed by atoms with E-state index in [1.807, 2.05) is 4.57 Å². The first kappa shape index (κ1) is 26.4. The zero-order chi connectivity index (χ0) is 28.5. The quantitative estimate of drug-likeness (QED) is 0.380. The number of pyridine rings is 1. The molecule has 0 bridgehead atoms. The Balaban J connectivity index is 1.28. The number of carboxylic acid groups (broad SMARTS) is 1. The van der Waals surface area contributed by atoms with Crippen LogP contribution in [0.4, 0.5) is 0 Å². The molecule has 4 atom stereocenters. The number of carboxylic acids is 1. The van der Waals surface area contributed by atoms with Crippen LogP contribution in [0.3, 0.4) is 0 Å². The van der Waals surface area contributed by atoms with Gasteiger partial charge in [0.15, 0.2) is 0 Å². The number of rotatable bonds is 6. The molecule has 1 aromatic heterocycles. The molecule has 10 nitrogen and oxygen atoms in total. The van der Waals surface area contributed by atoms with Gasteiger partial charge in [0, 0.05) is 27.9 Å². The van der Waals surface area contributed by atoms with Crippen LogP contribution < -0.4 is 16.1 Å². The highest BCUT2D eigenvalue weighted by Crippen LogP contribution is 2.50. The van der Waals surface area contributed by atoms with E-state index < -0.39 is 57.4 Å². The predicted molar refractivity (Wildman–Crippen MR) is 149 cm³/mol. The van der Waals surface area contributed by atoms with Crippen molar-refractivity contribution in [2.24, 2.45) is 0 Å². The molecular formula is C28H25ClN4O6S. The third kappa shape index (κ3) is 3.98. The van der Waals surface area contributed by atoms with Crippen LogP contribution in [-0.2, 0) is 27.3 Å². The van der Waals surface area contributed by atoms with Gasteiger partial charge in [0.25, 0.3) is 5.91 Å². The van der Waals surface area contributed by atoms with Crippen molar-refractivity contribution in [2.45, 2.75) is 55.1 Å². The number of nitrogens with zero attached hydrogens (tertiary/aromatic N) is 2. The second-order valence-electron chi connectivity index (χ2n) is 10.6. The molecule has 3 aliphatic heterocycles. The summed E-state index contributed by atoms with van der Waals surface area (Å²) in [5, 5.41) is 15.5. The van der Waals surface area contributed by atoms with Gasteiger partial charge in [0.2, 0.25) is 17.2 Å². The van der Waals surface area contributed by atoms with E-state index in [-0.39, 0.29) is 5.56 Å². The number of β-lactam (4-membered cyclic amide) rings is 1. The van der Waals surface area contributed by atoms with Crippen LogP contribution in [0.15, 0.2) is 53.5 Å². The van der Waals surface area contributed by atoms with Gasteiger partial charge in [0.1, 0.15) is 29.1 Å². The summed E-state index contributed by atoms with van der Waals surface area (Å²) in [5.41, 5.74) is 1.45. The fraction of sp³-hybridized carbons (Fsp3) is 0.321. The van der Waals surface area contributed by atoms with Crippen molar-refractivity contribution in [1.82, 2.24) is 20.1 Å². The smallest absolute Gasteiger partial charge is 0.327 e. The number of thioether (sulfide) groups is 1. The highest BCUT2D eigenvalue weighted by atomic mass is 35.5. The number of aryl methyl sites for hydroxylation is 2. The molecule has 0 aliphatic carbocycles. The minimum Gasteiger partial charge on any atom is -0.480 e. The zero-order valence-electron chi connectivity index (χ0n) is 21.5. The number of amides is 3. The first-order valence-corrected chi connectivity index (χ1v) is 14.0. The number of carbonyl (C=O) groups excluding carboxylic acids is 3. The maximum atomic E-state index is 13.6. The summed E-state index contributed by atoms with van der Waals surface area (Å²) in [6.45, 7) is 4.06. The SMILES string of the molecule is CC1(C)SC2C(NC(=O)C(NC(=O)c3cn4c5c(c(Cl)ccc5c3=O)CC4)c3ccccc3)C(=O)N2C1C(=O)O.